The van der Waals surface area contributed by atoms with Gasteiger partial charge in [0.1, 0.15) is 17.3 Å². The van der Waals surface area contributed by atoms with Crippen LogP contribution in [0.3, 0.4) is 0 Å². The lowest BCUT2D eigenvalue weighted by molar-refractivity contribution is -0.147. The SMILES string of the molecule is CC(C)(C)ONC(=O)CC1(c2cc(Oc3ccc(F)cc3)cs2)CCNCC1. The van der Waals surface area contributed by atoms with Crippen LogP contribution in [0.5, 0.6) is 11.5 Å². The number of amides is 1. The van der Waals surface area contributed by atoms with Crippen molar-refractivity contribution >= 4 is 17.2 Å². The average molecular weight is 407 g/mol. The highest BCUT2D eigenvalue weighted by Crippen LogP contribution is 2.42. The van der Waals surface area contributed by atoms with Crippen molar-refractivity contribution in [1.29, 1.82) is 0 Å². The predicted octanol–water partition coefficient (Wildman–Crippen LogP) is 4.54. The third kappa shape index (κ3) is 5.53. The summed E-state index contributed by atoms with van der Waals surface area (Å²) in [5, 5.41) is 5.30. The van der Waals surface area contributed by atoms with Crippen LogP contribution < -0.4 is 15.5 Å². The fourth-order valence-electron chi connectivity index (χ4n) is 3.26. The Kier molecular flexibility index (Phi) is 6.37. The number of ether oxygens (including phenoxy) is 1. The molecule has 1 amide bonds. The molecule has 2 aromatic rings. The maximum atomic E-state index is 13.1. The molecule has 2 N–H and O–H groups in total. The molecular weight excluding hydrogens is 379 g/mol. The van der Waals surface area contributed by atoms with Gasteiger partial charge in [0.25, 0.3) is 0 Å². The van der Waals surface area contributed by atoms with E-state index in [1.165, 1.54) is 12.1 Å². The van der Waals surface area contributed by atoms with Gasteiger partial charge in [0.15, 0.2) is 0 Å². The van der Waals surface area contributed by atoms with E-state index in [1.807, 2.05) is 32.2 Å². The van der Waals surface area contributed by atoms with Crippen molar-refractivity contribution in [2.45, 2.75) is 51.0 Å². The Hall–Kier alpha value is -1.96. The summed E-state index contributed by atoms with van der Waals surface area (Å²) < 4.78 is 18.9. The summed E-state index contributed by atoms with van der Waals surface area (Å²) in [5.41, 5.74) is 1.92. The number of hydrogen-bond donors (Lipinski definition) is 2. The molecule has 1 aromatic carbocycles. The minimum atomic E-state index is -0.434. The molecule has 0 bridgehead atoms. The Morgan fingerprint density at radius 2 is 1.89 bits per heavy atom. The van der Waals surface area contributed by atoms with E-state index in [0.717, 1.165) is 30.8 Å². The van der Waals surface area contributed by atoms with Crippen molar-refractivity contribution in [3.05, 3.63) is 46.4 Å². The smallest absolute Gasteiger partial charge is 0.244 e. The maximum absolute atomic E-state index is 13.1. The Labute approximate surface area is 169 Å². The molecule has 1 aliphatic heterocycles. The first kappa shape index (κ1) is 20.8. The second-order valence-corrected chi connectivity index (χ2v) is 9.06. The molecule has 0 aliphatic carbocycles. The molecule has 1 aromatic heterocycles. The van der Waals surface area contributed by atoms with E-state index in [-0.39, 0.29) is 17.1 Å². The van der Waals surface area contributed by atoms with Crippen LogP contribution in [0, 0.1) is 5.82 Å². The number of carbonyl (C=O) groups excluding carboxylic acids is 1. The van der Waals surface area contributed by atoms with Gasteiger partial charge in [-0.05, 0) is 77.0 Å². The number of rotatable bonds is 6. The van der Waals surface area contributed by atoms with E-state index in [9.17, 15) is 9.18 Å². The van der Waals surface area contributed by atoms with Gasteiger partial charge in [0.05, 0.1) is 5.60 Å². The summed E-state index contributed by atoms with van der Waals surface area (Å²) in [5.74, 6) is 0.874. The molecule has 7 heteroatoms. The van der Waals surface area contributed by atoms with Crippen LogP contribution in [0.25, 0.3) is 0 Å². The van der Waals surface area contributed by atoms with Gasteiger partial charge in [-0.15, -0.1) is 11.3 Å². The van der Waals surface area contributed by atoms with Crippen molar-refractivity contribution in [2.24, 2.45) is 0 Å². The first-order chi connectivity index (χ1) is 13.3. The topological polar surface area (TPSA) is 59.6 Å². The van der Waals surface area contributed by atoms with Crippen molar-refractivity contribution in [2.75, 3.05) is 13.1 Å². The summed E-state index contributed by atoms with van der Waals surface area (Å²) >= 11 is 1.60. The van der Waals surface area contributed by atoms with Crippen molar-refractivity contribution < 1.29 is 18.8 Å². The molecule has 0 unspecified atom stereocenters. The lowest BCUT2D eigenvalue weighted by atomic mass is 9.74. The molecule has 0 radical (unpaired) electrons. The van der Waals surface area contributed by atoms with E-state index in [0.29, 0.717) is 17.9 Å². The van der Waals surface area contributed by atoms with E-state index < -0.39 is 5.60 Å². The molecule has 28 heavy (non-hydrogen) atoms. The van der Waals surface area contributed by atoms with Gasteiger partial charge in [-0.2, -0.15) is 0 Å². The zero-order valence-electron chi connectivity index (χ0n) is 16.5. The Bertz CT molecular complexity index is 793. The summed E-state index contributed by atoms with van der Waals surface area (Å²) in [6.07, 6.45) is 2.10. The molecule has 3 rings (SSSR count). The summed E-state index contributed by atoms with van der Waals surface area (Å²) in [4.78, 5) is 19.1. The minimum absolute atomic E-state index is 0.119. The molecule has 5 nitrogen and oxygen atoms in total. The first-order valence-corrected chi connectivity index (χ1v) is 10.3. The molecule has 0 spiro atoms. The number of nitrogens with one attached hydrogen (secondary N) is 2. The fraction of sp³-hybridized carbons (Fsp3) is 0.476. The molecule has 0 atom stereocenters. The monoisotopic (exact) mass is 406 g/mol. The summed E-state index contributed by atoms with van der Waals surface area (Å²) in [7, 11) is 0. The van der Waals surface area contributed by atoms with Gasteiger partial charge in [0.2, 0.25) is 5.91 Å². The number of hydrogen-bond acceptors (Lipinski definition) is 5. The van der Waals surface area contributed by atoms with Gasteiger partial charge < -0.3 is 10.1 Å². The van der Waals surface area contributed by atoms with Gasteiger partial charge in [0, 0.05) is 22.1 Å². The standard InChI is InChI=1S/C21H27FN2O3S/c1-20(2,3)27-24-19(25)13-21(8-10-23-11-9-21)18-12-17(14-28-18)26-16-6-4-15(22)5-7-16/h4-7,12,14,23H,8-11,13H2,1-3H3,(H,24,25). The number of halogens is 1. The number of benzene rings is 1. The lowest BCUT2D eigenvalue weighted by Gasteiger charge is -2.36. The van der Waals surface area contributed by atoms with Crippen LogP contribution in [0.4, 0.5) is 4.39 Å². The molecule has 1 saturated heterocycles. The molecule has 152 valence electrons. The van der Waals surface area contributed by atoms with E-state index >= 15 is 0 Å². The second-order valence-electron chi connectivity index (χ2n) is 8.15. The molecular formula is C21H27FN2O3S. The second kappa shape index (κ2) is 8.59. The quantitative estimate of drug-likeness (QED) is 0.692. The third-order valence-corrected chi connectivity index (χ3v) is 5.83. The van der Waals surface area contributed by atoms with Crippen molar-refractivity contribution in [1.82, 2.24) is 10.8 Å². The van der Waals surface area contributed by atoms with E-state index in [1.54, 1.807) is 23.5 Å². The maximum Gasteiger partial charge on any atom is 0.244 e. The van der Waals surface area contributed by atoms with Crippen LogP contribution in [0.1, 0.15) is 44.9 Å². The summed E-state index contributed by atoms with van der Waals surface area (Å²) in [6.45, 7) is 7.41. The van der Waals surface area contributed by atoms with Crippen LogP contribution in [0.15, 0.2) is 35.7 Å². The summed E-state index contributed by atoms with van der Waals surface area (Å²) in [6, 6.07) is 7.94. The minimum Gasteiger partial charge on any atom is -0.456 e. The molecule has 1 fully saturated rings. The van der Waals surface area contributed by atoms with E-state index in [2.05, 4.69) is 10.8 Å². The van der Waals surface area contributed by atoms with Gasteiger partial charge in [-0.25, -0.2) is 9.87 Å². The van der Waals surface area contributed by atoms with Crippen LogP contribution >= 0.6 is 11.3 Å². The zero-order valence-corrected chi connectivity index (χ0v) is 17.3. The zero-order chi connectivity index (χ0) is 20.2. The van der Waals surface area contributed by atoms with Crippen molar-refractivity contribution in [3.63, 3.8) is 0 Å². The highest BCUT2D eigenvalue weighted by atomic mass is 32.1. The normalized spacial score (nSPS) is 16.6. The first-order valence-electron chi connectivity index (χ1n) is 9.46. The Morgan fingerprint density at radius 3 is 2.54 bits per heavy atom. The van der Waals surface area contributed by atoms with Crippen LogP contribution in [-0.4, -0.2) is 24.6 Å². The number of hydroxylamine groups is 1. The molecule has 2 heterocycles. The van der Waals surface area contributed by atoms with Gasteiger partial charge >= 0.3 is 0 Å². The molecule has 0 saturated carbocycles. The number of piperidine rings is 1. The average Bonchev–Trinajstić information content (AvgIpc) is 3.11. The van der Waals surface area contributed by atoms with E-state index in [4.69, 9.17) is 9.57 Å². The van der Waals surface area contributed by atoms with Crippen molar-refractivity contribution in [3.8, 4) is 11.5 Å². The van der Waals surface area contributed by atoms with Gasteiger partial charge in [-0.3, -0.25) is 9.63 Å². The Morgan fingerprint density at radius 1 is 1.21 bits per heavy atom. The lowest BCUT2D eigenvalue weighted by Crippen LogP contribution is -2.44. The highest BCUT2D eigenvalue weighted by Gasteiger charge is 2.38. The van der Waals surface area contributed by atoms with Gasteiger partial charge in [-0.1, -0.05) is 0 Å². The third-order valence-electron chi connectivity index (χ3n) is 4.68. The number of carbonyl (C=O) groups is 1. The van der Waals surface area contributed by atoms with Crippen LogP contribution in [-0.2, 0) is 15.0 Å². The molecule has 1 aliphatic rings. The largest absolute Gasteiger partial charge is 0.456 e. The number of thiophene rings is 1. The van der Waals surface area contributed by atoms with Crippen LogP contribution in [0.2, 0.25) is 0 Å². The Balaban J connectivity index is 1.73. The highest BCUT2D eigenvalue weighted by molar-refractivity contribution is 7.10. The fourth-order valence-corrected chi connectivity index (χ4v) is 4.33. The predicted molar refractivity (Wildman–Crippen MR) is 108 cm³/mol.